The number of carbonyl (C=O) groups is 2. The highest BCUT2D eigenvalue weighted by molar-refractivity contribution is 6.06. The van der Waals surface area contributed by atoms with Crippen LogP contribution in [0.25, 0.3) is 10.9 Å². The lowest BCUT2D eigenvalue weighted by Gasteiger charge is -2.39. The zero-order valence-electron chi connectivity index (χ0n) is 24.9. The van der Waals surface area contributed by atoms with E-state index in [2.05, 4.69) is 10.2 Å². The van der Waals surface area contributed by atoms with Crippen molar-refractivity contribution in [3.63, 3.8) is 0 Å². The Hall–Kier alpha value is -4.05. The van der Waals surface area contributed by atoms with Crippen molar-refractivity contribution in [1.29, 1.82) is 0 Å². The predicted octanol–water partition coefficient (Wildman–Crippen LogP) is 4.03. The fourth-order valence-electron chi connectivity index (χ4n) is 5.63. The number of carbonyl (C=O) groups excluding carboxylic acids is 2. The highest BCUT2D eigenvalue weighted by Gasteiger charge is 2.31. The third-order valence-electron chi connectivity index (χ3n) is 7.72. The van der Waals surface area contributed by atoms with E-state index in [9.17, 15) is 14.4 Å². The highest BCUT2D eigenvalue weighted by atomic mass is 16.6. The summed E-state index contributed by atoms with van der Waals surface area (Å²) in [6, 6.07) is 14.7. The van der Waals surface area contributed by atoms with Crippen molar-refractivity contribution in [3.05, 3.63) is 70.0 Å². The zero-order chi connectivity index (χ0) is 29.9. The Balaban J connectivity index is 1.27. The molecule has 10 nitrogen and oxygen atoms in total. The average Bonchev–Trinajstić information content (AvgIpc) is 2.98. The monoisotopic (exact) mass is 576 g/mol. The molecule has 2 aliphatic heterocycles. The minimum absolute atomic E-state index is 0.0136. The van der Waals surface area contributed by atoms with E-state index in [1.807, 2.05) is 68.1 Å². The number of aromatic nitrogens is 1. The van der Waals surface area contributed by atoms with Gasteiger partial charge in [0.2, 0.25) is 0 Å². The van der Waals surface area contributed by atoms with E-state index >= 15 is 0 Å². The molecule has 1 fully saturated rings. The molecular weight excluding hydrogens is 536 g/mol. The van der Waals surface area contributed by atoms with Gasteiger partial charge < -0.3 is 33.9 Å². The Bertz CT molecular complexity index is 1500. The Kier molecular flexibility index (Phi) is 8.72. The van der Waals surface area contributed by atoms with Gasteiger partial charge >= 0.3 is 6.09 Å². The number of amides is 2. The van der Waals surface area contributed by atoms with Crippen LogP contribution < -0.4 is 20.3 Å². The number of hydrogen-bond donors (Lipinski definition) is 1. The maximum atomic E-state index is 13.4. The second-order valence-electron chi connectivity index (χ2n) is 11.8. The molecule has 1 aromatic heterocycles. The first-order valence-corrected chi connectivity index (χ1v) is 14.6. The van der Waals surface area contributed by atoms with Gasteiger partial charge in [-0.1, -0.05) is 24.3 Å². The summed E-state index contributed by atoms with van der Waals surface area (Å²) in [4.78, 5) is 42.9. The van der Waals surface area contributed by atoms with E-state index in [4.69, 9.17) is 14.2 Å². The topological polar surface area (TPSA) is 102 Å². The fourth-order valence-corrected chi connectivity index (χ4v) is 5.63. The number of piperidine rings is 1. The van der Waals surface area contributed by atoms with E-state index in [1.165, 1.54) is 6.07 Å². The van der Waals surface area contributed by atoms with Gasteiger partial charge in [0.05, 0.1) is 11.1 Å². The summed E-state index contributed by atoms with van der Waals surface area (Å²) in [6.07, 6.45) is 1.24. The Morgan fingerprint density at radius 1 is 1.00 bits per heavy atom. The van der Waals surface area contributed by atoms with Gasteiger partial charge in [0.25, 0.3) is 11.5 Å². The second-order valence-corrected chi connectivity index (χ2v) is 11.8. The summed E-state index contributed by atoms with van der Waals surface area (Å²) in [7, 11) is 1.56. The van der Waals surface area contributed by atoms with E-state index < -0.39 is 5.60 Å². The van der Waals surface area contributed by atoms with Gasteiger partial charge in [-0.05, 0) is 57.4 Å². The van der Waals surface area contributed by atoms with Gasteiger partial charge in [-0.3, -0.25) is 9.59 Å². The quantitative estimate of drug-likeness (QED) is 0.453. The van der Waals surface area contributed by atoms with Crippen LogP contribution in [0, 0.1) is 0 Å². The second kappa shape index (κ2) is 12.4. The van der Waals surface area contributed by atoms with Crippen molar-refractivity contribution in [2.45, 2.75) is 58.3 Å². The fraction of sp³-hybridized carbons (Fsp3) is 0.469. The van der Waals surface area contributed by atoms with Crippen molar-refractivity contribution in [3.8, 4) is 11.5 Å². The van der Waals surface area contributed by atoms with Gasteiger partial charge in [0, 0.05) is 57.3 Å². The molecule has 10 heteroatoms. The lowest BCUT2D eigenvalue weighted by Crippen LogP contribution is -2.49. The lowest BCUT2D eigenvalue weighted by atomic mass is 10.0. The molecule has 0 atom stereocenters. The molecule has 0 radical (unpaired) electrons. The third kappa shape index (κ3) is 6.70. The van der Waals surface area contributed by atoms with Crippen LogP contribution in [0.5, 0.6) is 11.5 Å². The Morgan fingerprint density at radius 3 is 2.43 bits per heavy atom. The number of hydrogen-bond acceptors (Lipinski definition) is 7. The van der Waals surface area contributed by atoms with Crippen LogP contribution in [0.4, 0.5) is 4.79 Å². The summed E-state index contributed by atoms with van der Waals surface area (Å²) in [5.41, 5.74) is 1.29. The highest BCUT2D eigenvalue weighted by Crippen LogP contribution is 2.32. The van der Waals surface area contributed by atoms with Gasteiger partial charge in [0.15, 0.2) is 11.5 Å². The lowest BCUT2D eigenvalue weighted by molar-refractivity contribution is 0.00562. The summed E-state index contributed by atoms with van der Waals surface area (Å²) < 4.78 is 19.0. The molecule has 224 valence electrons. The number of nitrogens with one attached hydrogen (secondary N) is 1. The van der Waals surface area contributed by atoms with E-state index in [0.717, 1.165) is 48.1 Å². The minimum atomic E-state index is -0.605. The summed E-state index contributed by atoms with van der Waals surface area (Å²) in [5.74, 6) is 1.14. The van der Waals surface area contributed by atoms with Gasteiger partial charge in [-0.2, -0.15) is 0 Å². The molecule has 0 saturated carbocycles. The molecule has 2 aliphatic rings. The van der Waals surface area contributed by atoms with Crippen LogP contribution in [0.2, 0.25) is 0 Å². The molecule has 0 unspecified atom stereocenters. The Labute approximate surface area is 246 Å². The zero-order valence-corrected chi connectivity index (χ0v) is 24.9. The van der Waals surface area contributed by atoms with Gasteiger partial charge in [-0.15, -0.1) is 0 Å². The summed E-state index contributed by atoms with van der Waals surface area (Å²) in [5, 5.41) is 3.37. The van der Waals surface area contributed by atoms with Crippen molar-refractivity contribution < 1.29 is 23.8 Å². The number of rotatable bonds is 7. The number of nitrogens with zero attached hydrogens (tertiary/aromatic N) is 3. The molecule has 3 aromatic rings. The molecule has 1 N–H and O–H groups in total. The van der Waals surface area contributed by atoms with E-state index in [1.54, 1.807) is 11.6 Å². The van der Waals surface area contributed by atoms with Crippen molar-refractivity contribution >= 4 is 22.9 Å². The molecule has 5 rings (SSSR count). The number of pyridine rings is 1. The molecule has 2 amide bonds. The number of benzene rings is 2. The van der Waals surface area contributed by atoms with Crippen LogP contribution in [-0.4, -0.2) is 77.9 Å². The van der Waals surface area contributed by atoms with Crippen LogP contribution in [0.3, 0.4) is 0 Å². The van der Waals surface area contributed by atoms with Crippen molar-refractivity contribution in [2.24, 2.45) is 0 Å². The summed E-state index contributed by atoms with van der Waals surface area (Å²) >= 11 is 0. The number of fused-ring (bicyclic) bond motifs is 2. The van der Waals surface area contributed by atoms with Gasteiger partial charge in [0.1, 0.15) is 18.8 Å². The predicted molar refractivity (Wildman–Crippen MR) is 160 cm³/mol. The first-order valence-electron chi connectivity index (χ1n) is 14.6. The van der Waals surface area contributed by atoms with Crippen LogP contribution >= 0.6 is 0 Å². The molecule has 0 bridgehead atoms. The first-order chi connectivity index (χ1) is 20.1. The first kappa shape index (κ1) is 29.4. The molecule has 1 saturated heterocycles. The largest absolute Gasteiger partial charge is 0.486 e. The number of likely N-dealkylation sites (tertiary alicyclic amines) is 1. The maximum Gasteiger partial charge on any atom is 0.410 e. The maximum absolute atomic E-state index is 13.4. The summed E-state index contributed by atoms with van der Waals surface area (Å²) in [6.45, 7) is 9.84. The third-order valence-corrected chi connectivity index (χ3v) is 7.72. The SMILES string of the molecule is CNC(=O)c1cc(=O)n(CCN2CCC(N(Cc3ccc4c(c3)OCCO4)C(=O)OC(C)(C)C)CC2)c2ccccc12. The van der Waals surface area contributed by atoms with Crippen LogP contribution in [-0.2, 0) is 17.8 Å². The van der Waals surface area contributed by atoms with Crippen LogP contribution in [0.15, 0.2) is 53.3 Å². The minimum Gasteiger partial charge on any atom is -0.486 e. The van der Waals surface area contributed by atoms with Gasteiger partial charge in [-0.25, -0.2) is 4.79 Å². The van der Waals surface area contributed by atoms with E-state index in [0.29, 0.717) is 44.2 Å². The average molecular weight is 577 g/mol. The van der Waals surface area contributed by atoms with E-state index in [-0.39, 0.29) is 23.6 Å². The molecule has 0 aliphatic carbocycles. The standard InChI is InChI=1S/C32H40N4O6/c1-32(2,3)42-31(39)36(21-22-9-10-27-28(19-22)41-18-17-40-27)23-11-13-34(14-12-23)15-16-35-26-8-6-5-7-24(26)25(20-29(35)37)30(38)33-4/h5-10,19-20,23H,11-18,21H2,1-4H3,(H,33,38). The Morgan fingerprint density at radius 2 is 1.71 bits per heavy atom. The molecule has 0 spiro atoms. The molecule has 3 heterocycles. The smallest absolute Gasteiger partial charge is 0.410 e. The van der Waals surface area contributed by atoms with Crippen molar-refractivity contribution in [1.82, 2.24) is 19.7 Å². The normalized spacial score (nSPS) is 15.8. The number of ether oxygens (including phenoxy) is 3. The van der Waals surface area contributed by atoms with Crippen molar-refractivity contribution in [2.75, 3.05) is 39.9 Å². The molecule has 2 aromatic carbocycles. The molecule has 42 heavy (non-hydrogen) atoms. The molecular formula is C32H40N4O6. The number of para-hydroxylation sites is 1. The van der Waals surface area contributed by atoms with Crippen LogP contribution in [0.1, 0.15) is 49.5 Å².